The third-order valence-corrected chi connectivity index (χ3v) is 6.11. The fourth-order valence-corrected chi connectivity index (χ4v) is 4.49. The molecule has 33 heavy (non-hydrogen) atoms. The van der Waals surface area contributed by atoms with Gasteiger partial charge in [-0.3, -0.25) is 0 Å². The van der Waals surface area contributed by atoms with Crippen LogP contribution in [-0.2, 0) is 31.7 Å². The normalized spacial score (nSPS) is 11.5. The van der Waals surface area contributed by atoms with Crippen molar-refractivity contribution in [2.24, 2.45) is 0 Å². The van der Waals surface area contributed by atoms with Crippen LogP contribution in [0.1, 0.15) is 74.9 Å². The molecule has 0 amide bonds. The van der Waals surface area contributed by atoms with E-state index < -0.39 is 20.8 Å². The van der Waals surface area contributed by atoms with E-state index in [-0.39, 0.29) is 10.8 Å². The SMILES string of the molecule is Cc1cc2c(C(C)(C)C)ccc(C)c2[cH-]1.Cc1cc2c(C(C)(C)C)ccc(C)c2[cH-]1.[Cl][Zr+2][Cl]. The maximum absolute atomic E-state index is 4.93. The van der Waals surface area contributed by atoms with Crippen LogP contribution in [0.5, 0.6) is 0 Å². The third kappa shape index (κ3) is 7.07. The van der Waals surface area contributed by atoms with E-state index in [0.29, 0.717) is 0 Å². The molecule has 4 rings (SSSR count). The van der Waals surface area contributed by atoms with E-state index in [1.165, 1.54) is 54.9 Å². The molecule has 0 aromatic heterocycles. The number of aryl methyl sites for hydroxylation is 4. The first-order valence-corrected chi connectivity index (χ1v) is 17.8. The van der Waals surface area contributed by atoms with E-state index in [2.05, 4.69) is 118 Å². The van der Waals surface area contributed by atoms with Gasteiger partial charge in [0, 0.05) is 0 Å². The Labute approximate surface area is 220 Å². The molecular formula is C30H38Cl2Zr. The van der Waals surface area contributed by atoms with E-state index in [9.17, 15) is 0 Å². The maximum atomic E-state index is 4.93. The monoisotopic (exact) mass is 558 g/mol. The summed E-state index contributed by atoms with van der Waals surface area (Å²) in [7, 11) is 9.87. The molecule has 0 fully saturated rings. The molecule has 176 valence electrons. The van der Waals surface area contributed by atoms with Crippen molar-refractivity contribution in [2.75, 3.05) is 0 Å². The summed E-state index contributed by atoms with van der Waals surface area (Å²) < 4.78 is 0. The van der Waals surface area contributed by atoms with Crippen LogP contribution in [0.2, 0.25) is 0 Å². The van der Waals surface area contributed by atoms with Crippen LogP contribution in [0.4, 0.5) is 0 Å². The molecule has 0 heterocycles. The van der Waals surface area contributed by atoms with Crippen molar-refractivity contribution in [1.29, 1.82) is 0 Å². The van der Waals surface area contributed by atoms with E-state index in [4.69, 9.17) is 17.0 Å². The summed E-state index contributed by atoms with van der Waals surface area (Å²) in [6.45, 7) is 22.4. The van der Waals surface area contributed by atoms with Crippen molar-refractivity contribution in [3.63, 3.8) is 0 Å². The first kappa shape index (κ1) is 28.4. The van der Waals surface area contributed by atoms with Gasteiger partial charge in [0.05, 0.1) is 0 Å². The Morgan fingerprint density at radius 1 is 0.606 bits per heavy atom. The zero-order valence-corrected chi connectivity index (χ0v) is 25.8. The van der Waals surface area contributed by atoms with Crippen LogP contribution in [0.3, 0.4) is 0 Å². The van der Waals surface area contributed by atoms with Gasteiger partial charge >= 0.3 is 37.9 Å². The molecule has 0 spiro atoms. The molecule has 0 saturated carbocycles. The molecular weight excluding hydrogens is 522 g/mol. The van der Waals surface area contributed by atoms with Crippen molar-refractivity contribution in [1.82, 2.24) is 0 Å². The van der Waals surface area contributed by atoms with Gasteiger partial charge in [-0.1, -0.05) is 92.5 Å². The molecule has 0 aliphatic carbocycles. The van der Waals surface area contributed by atoms with Crippen molar-refractivity contribution in [3.8, 4) is 0 Å². The molecule has 0 unspecified atom stereocenters. The Bertz CT molecular complexity index is 1110. The molecule has 0 aliphatic heterocycles. The van der Waals surface area contributed by atoms with Gasteiger partial charge in [-0.15, -0.1) is 68.1 Å². The van der Waals surface area contributed by atoms with Crippen molar-refractivity contribution < 1.29 is 20.8 Å². The van der Waals surface area contributed by atoms with Crippen LogP contribution >= 0.6 is 17.0 Å². The van der Waals surface area contributed by atoms with Crippen LogP contribution in [0.25, 0.3) is 21.5 Å². The fourth-order valence-electron chi connectivity index (χ4n) is 4.49. The van der Waals surface area contributed by atoms with Gasteiger partial charge in [0.1, 0.15) is 0 Å². The zero-order valence-electron chi connectivity index (χ0n) is 21.9. The average molecular weight is 561 g/mol. The molecule has 0 saturated heterocycles. The number of halogens is 2. The van der Waals surface area contributed by atoms with Gasteiger partial charge in [-0.2, -0.15) is 12.1 Å². The molecule has 4 aromatic rings. The number of hydrogen-bond acceptors (Lipinski definition) is 0. The Hall–Kier alpha value is -0.877. The van der Waals surface area contributed by atoms with E-state index >= 15 is 0 Å². The minimum atomic E-state index is -0.826. The second kappa shape index (κ2) is 11.2. The fraction of sp³-hybridized carbons (Fsp3) is 0.400. The van der Waals surface area contributed by atoms with Gasteiger partial charge in [0.2, 0.25) is 0 Å². The molecule has 0 nitrogen and oxygen atoms in total. The molecule has 4 aromatic carbocycles. The predicted molar refractivity (Wildman–Crippen MR) is 147 cm³/mol. The molecule has 0 atom stereocenters. The van der Waals surface area contributed by atoms with Crippen molar-refractivity contribution in [3.05, 3.63) is 81.9 Å². The van der Waals surface area contributed by atoms with Crippen LogP contribution in [0, 0.1) is 27.7 Å². The van der Waals surface area contributed by atoms with Gasteiger partial charge < -0.3 is 0 Å². The summed E-state index contributed by atoms with van der Waals surface area (Å²) in [5, 5.41) is 5.69. The third-order valence-electron chi connectivity index (χ3n) is 6.11. The first-order valence-electron chi connectivity index (χ1n) is 11.5. The number of hydrogen-bond donors (Lipinski definition) is 0. The average Bonchev–Trinajstić information content (AvgIpc) is 3.24. The van der Waals surface area contributed by atoms with E-state index in [0.717, 1.165) is 0 Å². The molecule has 0 aliphatic rings. The second-order valence-corrected chi connectivity index (χ2v) is 14.9. The summed E-state index contributed by atoms with van der Waals surface area (Å²) >= 11 is -0.826. The quantitative estimate of drug-likeness (QED) is 0.188. The summed E-state index contributed by atoms with van der Waals surface area (Å²) in [4.78, 5) is 0. The number of fused-ring (bicyclic) bond motifs is 2. The van der Waals surface area contributed by atoms with E-state index in [1.54, 1.807) is 0 Å². The van der Waals surface area contributed by atoms with Crippen LogP contribution in [-0.4, -0.2) is 0 Å². The molecule has 0 N–H and O–H groups in total. The minimum absolute atomic E-state index is 0.229. The second-order valence-electron chi connectivity index (χ2n) is 11.2. The predicted octanol–water partition coefficient (Wildman–Crippen LogP) is 10.3. The Morgan fingerprint density at radius 3 is 1.18 bits per heavy atom. The molecule has 3 heteroatoms. The van der Waals surface area contributed by atoms with E-state index in [1.807, 2.05) is 0 Å². The summed E-state index contributed by atoms with van der Waals surface area (Å²) in [6.07, 6.45) is 0. The van der Waals surface area contributed by atoms with Crippen molar-refractivity contribution in [2.45, 2.75) is 80.1 Å². The van der Waals surface area contributed by atoms with Crippen molar-refractivity contribution >= 4 is 38.6 Å². The summed E-state index contributed by atoms with van der Waals surface area (Å²) in [5.74, 6) is 0. The summed E-state index contributed by atoms with van der Waals surface area (Å²) in [6, 6.07) is 18.2. The zero-order chi connectivity index (χ0) is 25.1. The van der Waals surface area contributed by atoms with Gasteiger partial charge in [-0.05, 0) is 10.8 Å². The Kier molecular flexibility index (Phi) is 9.66. The molecule has 0 bridgehead atoms. The van der Waals surface area contributed by atoms with Gasteiger partial charge in [-0.25, -0.2) is 0 Å². The first-order chi connectivity index (χ1) is 15.2. The summed E-state index contributed by atoms with van der Waals surface area (Å²) in [5.41, 5.74) is 8.86. The number of rotatable bonds is 0. The molecule has 0 radical (unpaired) electrons. The Balaban J connectivity index is 0.000000209. The van der Waals surface area contributed by atoms with Gasteiger partial charge in [0.25, 0.3) is 0 Å². The number of benzene rings is 2. The standard InChI is InChI=1S/2C15H19.2ClH.Zr/c2*1-10-8-12-11(2)6-7-14(13(12)9-10)15(3,4)5;;;/h2*6-9H,1-5H3;2*1H;/q2*-1;;;+4/p-2. The van der Waals surface area contributed by atoms with Crippen LogP contribution < -0.4 is 0 Å². The van der Waals surface area contributed by atoms with Crippen LogP contribution in [0.15, 0.2) is 48.5 Å². The van der Waals surface area contributed by atoms with Gasteiger partial charge in [0.15, 0.2) is 0 Å². The Morgan fingerprint density at radius 2 is 0.909 bits per heavy atom. The topological polar surface area (TPSA) is 0 Å².